The molecule has 3 heteroatoms. The Morgan fingerprint density at radius 1 is 1.26 bits per heavy atom. The molecule has 1 aromatic rings. The zero-order valence-corrected chi connectivity index (χ0v) is 12.0. The fourth-order valence-electron chi connectivity index (χ4n) is 2.52. The highest BCUT2D eigenvalue weighted by Crippen LogP contribution is 2.21. The Kier molecular flexibility index (Phi) is 4.83. The second-order valence-electron chi connectivity index (χ2n) is 5.33. The Hall–Kier alpha value is -1.51. The van der Waals surface area contributed by atoms with Crippen molar-refractivity contribution >= 4 is 11.6 Å². The molecule has 0 radical (unpaired) electrons. The van der Waals surface area contributed by atoms with Gasteiger partial charge >= 0.3 is 0 Å². The minimum atomic E-state index is 0.182. The highest BCUT2D eigenvalue weighted by molar-refractivity contribution is 5.99. The zero-order valence-electron chi connectivity index (χ0n) is 12.0. The van der Waals surface area contributed by atoms with E-state index in [0.29, 0.717) is 0 Å². The third-order valence-electron chi connectivity index (χ3n) is 3.61. The van der Waals surface area contributed by atoms with Crippen LogP contribution in [0.4, 0.5) is 5.69 Å². The second-order valence-corrected chi connectivity index (χ2v) is 5.33. The van der Waals surface area contributed by atoms with Crippen LogP contribution >= 0.6 is 0 Å². The summed E-state index contributed by atoms with van der Waals surface area (Å²) in [5.74, 6) is 0.182. The number of benzene rings is 1. The van der Waals surface area contributed by atoms with Crippen molar-refractivity contribution in [1.29, 1.82) is 0 Å². The molecule has 104 valence electrons. The first-order chi connectivity index (χ1) is 9.22. The van der Waals surface area contributed by atoms with Gasteiger partial charge in [0.05, 0.1) is 5.56 Å². The van der Waals surface area contributed by atoms with Crippen LogP contribution in [-0.2, 0) is 0 Å². The highest BCUT2D eigenvalue weighted by Gasteiger charge is 2.20. The number of aryl methyl sites for hydroxylation is 1. The summed E-state index contributed by atoms with van der Waals surface area (Å²) in [6, 6.07) is 6.10. The molecule has 2 rings (SSSR count). The predicted octanol–water partition coefficient (Wildman–Crippen LogP) is 3.44. The lowest BCUT2D eigenvalue weighted by atomic mass is 10.1. The van der Waals surface area contributed by atoms with E-state index in [1.54, 1.807) is 0 Å². The second kappa shape index (κ2) is 6.60. The van der Waals surface area contributed by atoms with Crippen molar-refractivity contribution in [3.8, 4) is 0 Å². The van der Waals surface area contributed by atoms with Gasteiger partial charge in [-0.15, -0.1) is 0 Å². The Morgan fingerprint density at radius 3 is 2.68 bits per heavy atom. The van der Waals surface area contributed by atoms with Crippen LogP contribution in [0.2, 0.25) is 0 Å². The van der Waals surface area contributed by atoms with Crippen molar-refractivity contribution in [1.82, 2.24) is 4.90 Å². The number of rotatable bonds is 4. The molecule has 0 spiro atoms. The maximum absolute atomic E-state index is 12.6. The Balaban J connectivity index is 2.20. The van der Waals surface area contributed by atoms with Crippen molar-refractivity contribution in [2.24, 2.45) is 0 Å². The largest absolute Gasteiger partial charge is 0.384 e. The fourth-order valence-corrected chi connectivity index (χ4v) is 2.52. The Morgan fingerprint density at radius 2 is 2.00 bits per heavy atom. The topological polar surface area (TPSA) is 32.3 Å². The van der Waals surface area contributed by atoms with E-state index in [1.165, 1.54) is 6.42 Å². The minimum absolute atomic E-state index is 0.182. The van der Waals surface area contributed by atoms with Crippen LogP contribution in [0.15, 0.2) is 18.2 Å². The number of piperidine rings is 1. The van der Waals surface area contributed by atoms with E-state index in [-0.39, 0.29) is 5.91 Å². The van der Waals surface area contributed by atoms with Crippen LogP contribution in [0, 0.1) is 6.92 Å². The van der Waals surface area contributed by atoms with Gasteiger partial charge in [-0.2, -0.15) is 0 Å². The number of nitrogens with one attached hydrogen (secondary N) is 1. The van der Waals surface area contributed by atoms with Crippen molar-refractivity contribution in [3.05, 3.63) is 29.3 Å². The highest BCUT2D eigenvalue weighted by atomic mass is 16.2. The average molecular weight is 260 g/mol. The molecule has 0 atom stereocenters. The molecule has 19 heavy (non-hydrogen) atoms. The smallest absolute Gasteiger partial charge is 0.255 e. The van der Waals surface area contributed by atoms with E-state index in [2.05, 4.69) is 18.3 Å². The summed E-state index contributed by atoms with van der Waals surface area (Å²) in [4.78, 5) is 14.6. The summed E-state index contributed by atoms with van der Waals surface area (Å²) in [6.45, 7) is 6.88. The number of carbonyl (C=O) groups excluding carboxylic acids is 1. The van der Waals surface area contributed by atoms with Gasteiger partial charge < -0.3 is 10.2 Å². The summed E-state index contributed by atoms with van der Waals surface area (Å²) >= 11 is 0. The van der Waals surface area contributed by atoms with Gasteiger partial charge in [0.15, 0.2) is 0 Å². The third kappa shape index (κ3) is 3.49. The number of hydrogen-bond acceptors (Lipinski definition) is 2. The molecule has 1 saturated heterocycles. The first kappa shape index (κ1) is 13.9. The van der Waals surface area contributed by atoms with Crippen molar-refractivity contribution < 1.29 is 4.79 Å². The average Bonchev–Trinajstić information content (AvgIpc) is 2.46. The van der Waals surface area contributed by atoms with E-state index < -0.39 is 0 Å². The van der Waals surface area contributed by atoms with Gasteiger partial charge in [-0.1, -0.05) is 18.6 Å². The summed E-state index contributed by atoms with van der Waals surface area (Å²) in [6.07, 6.45) is 4.58. The summed E-state index contributed by atoms with van der Waals surface area (Å²) in [7, 11) is 0. The molecule has 1 amide bonds. The number of anilines is 1. The molecule has 1 aromatic carbocycles. The lowest BCUT2D eigenvalue weighted by Crippen LogP contribution is -2.36. The molecule has 1 aliphatic rings. The Bertz CT molecular complexity index is 436. The number of carbonyl (C=O) groups is 1. The van der Waals surface area contributed by atoms with E-state index in [0.717, 1.165) is 55.7 Å². The Labute approximate surface area is 116 Å². The van der Waals surface area contributed by atoms with Crippen LogP contribution in [0.5, 0.6) is 0 Å². The number of nitrogens with zero attached hydrogens (tertiary/aromatic N) is 1. The summed E-state index contributed by atoms with van der Waals surface area (Å²) in [5, 5.41) is 3.36. The van der Waals surface area contributed by atoms with E-state index >= 15 is 0 Å². The quantitative estimate of drug-likeness (QED) is 0.899. The van der Waals surface area contributed by atoms with Gasteiger partial charge in [0.25, 0.3) is 5.91 Å². The fraction of sp³-hybridized carbons (Fsp3) is 0.562. The minimum Gasteiger partial charge on any atom is -0.384 e. The molecule has 1 aliphatic heterocycles. The van der Waals surface area contributed by atoms with Gasteiger partial charge in [0.1, 0.15) is 0 Å². The molecule has 0 aliphatic carbocycles. The van der Waals surface area contributed by atoms with E-state index in [4.69, 9.17) is 0 Å². The molecule has 0 aromatic heterocycles. The monoisotopic (exact) mass is 260 g/mol. The lowest BCUT2D eigenvalue weighted by molar-refractivity contribution is 0.0725. The van der Waals surface area contributed by atoms with Crippen LogP contribution in [0.3, 0.4) is 0 Å². The van der Waals surface area contributed by atoms with Crippen LogP contribution in [-0.4, -0.2) is 30.4 Å². The van der Waals surface area contributed by atoms with Gasteiger partial charge in [0, 0.05) is 25.3 Å². The van der Waals surface area contributed by atoms with Gasteiger partial charge in [0.2, 0.25) is 0 Å². The zero-order chi connectivity index (χ0) is 13.7. The van der Waals surface area contributed by atoms with Crippen LogP contribution in [0.1, 0.15) is 48.5 Å². The SMILES string of the molecule is CCCNc1ccc(C)cc1C(=O)N1CCCCC1. The van der Waals surface area contributed by atoms with Gasteiger partial charge in [-0.3, -0.25) is 4.79 Å². The summed E-state index contributed by atoms with van der Waals surface area (Å²) < 4.78 is 0. The number of likely N-dealkylation sites (tertiary alicyclic amines) is 1. The summed E-state index contributed by atoms with van der Waals surface area (Å²) in [5.41, 5.74) is 2.95. The maximum atomic E-state index is 12.6. The third-order valence-corrected chi connectivity index (χ3v) is 3.61. The predicted molar refractivity (Wildman–Crippen MR) is 79.7 cm³/mol. The molecule has 0 bridgehead atoms. The first-order valence-electron chi connectivity index (χ1n) is 7.36. The molecular weight excluding hydrogens is 236 g/mol. The van der Waals surface area contributed by atoms with Crippen molar-refractivity contribution in [2.75, 3.05) is 25.0 Å². The number of hydrogen-bond donors (Lipinski definition) is 1. The van der Waals surface area contributed by atoms with Crippen LogP contribution in [0.25, 0.3) is 0 Å². The normalized spacial score (nSPS) is 15.4. The van der Waals surface area contributed by atoms with Crippen molar-refractivity contribution in [2.45, 2.75) is 39.5 Å². The first-order valence-corrected chi connectivity index (χ1v) is 7.36. The van der Waals surface area contributed by atoms with Crippen LogP contribution < -0.4 is 5.32 Å². The lowest BCUT2D eigenvalue weighted by Gasteiger charge is -2.27. The molecule has 3 nitrogen and oxygen atoms in total. The van der Waals surface area contributed by atoms with E-state index in [9.17, 15) is 4.79 Å². The standard InChI is InChI=1S/C16H24N2O/c1-3-9-17-15-8-7-13(2)12-14(15)16(19)18-10-5-4-6-11-18/h7-8,12,17H,3-6,9-11H2,1-2H3. The van der Waals surface area contributed by atoms with Gasteiger partial charge in [-0.25, -0.2) is 0 Å². The van der Waals surface area contributed by atoms with Crippen molar-refractivity contribution in [3.63, 3.8) is 0 Å². The van der Waals surface area contributed by atoms with Gasteiger partial charge in [-0.05, 0) is 44.7 Å². The molecule has 1 fully saturated rings. The molecule has 0 unspecified atom stereocenters. The number of amides is 1. The molecule has 0 saturated carbocycles. The maximum Gasteiger partial charge on any atom is 0.255 e. The van der Waals surface area contributed by atoms with E-state index in [1.807, 2.05) is 24.0 Å². The molecule has 1 heterocycles. The molecule has 1 N–H and O–H groups in total. The molecular formula is C16H24N2O.